The third kappa shape index (κ3) is 3.74. The molecule has 0 fully saturated rings. The smallest absolute Gasteiger partial charge is 0.256 e. The van der Waals surface area contributed by atoms with E-state index in [2.05, 4.69) is 27.2 Å². The van der Waals surface area contributed by atoms with Crippen LogP contribution in [0.5, 0.6) is 0 Å². The fourth-order valence-corrected chi connectivity index (χ4v) is 2.71. The lowest BCUT2D eigenvalue weighted by atomic mass is 10.2. The van der Waals surface area contributed by atoms with Gasteiger partial charge in [0.15, 0.2) is 0 Å². The van der Waals surface area contributed by atoms with Crippen LogP contribution in [0.1, 0.15) is 15.9 Å². The number of halogens is 1. The Kier molecular flexibility index (Phi) is 4.66. The summed E-state index contributed by atoms with van der Waals surface area (Å²) in [6, 6.07) is 10.7. The molecule has 22 heavy (non-hydrogen) atoms. The number of terminal acetylenes is 1. The quantitative estimate of drug-likeness (QED) is 0.803. The minimum Gasteiger partial charge on any atom is -0.322 e. The van der Waals surface area contributed by atoms with Gasteiger partial charge in [-0.25, -0.2) is 13.6 Å². The highest BCUT2D eigenvalue weighted by Gasteiger charge is 2.15. The summed E-state index contributed by atoms with van der Waals surface area (Å²) in [5, 5.41) is 7.72. The molecule has 0 unspecified atom stereocenters. The number of carbonyl (C=O) groups excluding carboxylic acids is 1. The molecule has 5 nitrogen and oxygen atoms in total. The molecule has 2 rings (SSSR count). The Morgan fingerprint density at radius 1 is 1.23 bits per heavy atom. The van der Waals surface area contributed by atoms with E-state index in [1.54, 1.807) is 24.3 Å². The zero-order valence-corrected chi connectivity index (χ0v) is 13.6. The third-order valence-electron chi connectivity index (χ3n) is 2.80. The Morgan fingerprint density at radius 2 is 1.95 bits per heavy atom. The molecule has 0 spiro atoms. The summed E-state index contributed by atoms with van der Waals surface area (Å²) < 4.78 is 23.2. The van der Waals surface area contributed by atoms with Gasteiger partial charge in [0.1, 0.15) is 0 Å². The number of nitrogens with one attached hydrogen (secondary N) is 1. The number of amides is 1. The highest BCUT2D eigenvalue weighted by atomic mass is 79.9. The predicted octanol–water partition coefficient (Wildman–Crippen LogP) is 2.33. The highest BCUT2D eigenvalue weighted by Crippen LogP contribution is 2.22. The first-order valence-electron chi connectivity index (χ1n) is 6.01. The van der Waals surface area contributed by atoms with Crippen LogP contribution in [0.3, 0.4) is 0 Å². The van der Waals surface area contributed by atoms with Crippen molar-refractivity contribution in [2.24, 2.45) is 5.14 Å². The van der Waals surface area contributed by atoms with Crippen molar-refractivity contribution in [2.75, 3.05) is 5.32 Å². The molecule has 0 radical (unpaired) electrons. The molecule has 0 aromatic heterocycles. The molecule has 2 aromatic rings. The van der Waals surface area contributed by atoms with Crippen LogP contribution in [-0.2, 0) is 10.0 Å². The number of benzene rings is 2. The van der Waals surface area contributed by atoms with Crippen LogP contribution in [0.4, 0.5) is 5.69 Å². The zero-order chi connectivity index (χ0) is 16.3. The monoisotopic (exact) mass is 378 g/mol. The molecule has 3 N–H and O–H groups in total. The minimum absolute atomic E-state index is 0.141. The van der Waals surface area contributed by atoms with E-state index in [1.165, 1.54) is 18.2 Å². The van der Waals surface area contributed by atoms with E-state index in [0.717, 1.165) is 0 Å². The molecule has 112 valence electrons. The van der Waals surface area contributed by atoms with Gasteiger partial charge < -0.3 is 5.32 Å². The molecule has 0 bridgehead atoms. The van der Waals surface area contributed by atoms with E-state index in [0.29, 0.717) is 15.7 Å². The summed E-state index contributed by atoms with van der Waals surface area (Å²) in [4.78, 5) is 12.1. The van der Waals surface area contributed by atoms with Crippen molar-refractivity contribution in [2.45, 2.75) is 4.90 Å². The van der Waals surface area contributed by atoms with E-state index in [4.69, 9.17) is 11.6 Å². The van der Waals surface area contributed by atoms with Gasteiger partial charge in [-0.2, -0.15) is 0 Å². The number of hydrogen-bond acceptors (Lipinski definition) is 3. The van der Waals surface area contributed by atoms with Gasteiger partial charge in [-0.15, -0.1) is 6.42 Å². The van der Waals surface area contributed by atoms with Crippen LogP contribution in [0.2, 0.25) is 0 Å². The summed E-state index contributed by atoms with van der Waals surface area (Å²) >= 11 is 3.21. The molecular formula is C15H11BrN2O3S. The average molecular weight is 379 g/mol. The Balaban J connectivity index is 2.35. The summed E-state index contributed by atoms with van der Waals surface area (Å²) in [5.41, 5.74) is 1.28. The van der Waals surface area contributed by atoms with Crippen LogP contribution in [0.15, 0.2) is 51.8 Å². The molecule has 0 aliphatic heterocycles. The molecule has 0 saturated heterocycles. The lowest BCUT2D eigenvalue weighted by Gasteiger charge is -2.09. The van der Waals surface area contributed by atoms with Crippen molar-refractivity contribution in [3.8, 4) is 12.3 Å². The summed E-state index contributed by atoms with van der Waals surface area (Å²) in [6.45, 7) is 0. The predicted molar refractivity (Wildman–Crippen MR) is 87.8 cm³/mol. The maximum absolute atomic E-state index is 12.3. The fourth-order valence-electron chi connectivity index (χ4n) is 1.74. The van der Waals surface area contributed by atoms with Gasteiger partial charge >= 0.3 is 0 Å². The molecule has 2 aromatic carbocycles. The maximum atomic E-state index is 12.3. The molecular weight excluding hydrogens is 368 g/mol. The van der Waals surface area contributed by atoms with Crippen LogP contribution in [0, 0.1) is 12.3 Å². The molecule has 0 saturated carbocycles. The molecule has 0 heterocycles. The van der Waals surface area contributed by atoms with Crippen molar-refractivity contribution in [3.05, 3.63) is 58.1 Å². The highest BCUT2D eigenvalue weighted by molar-refractivity contribution is 9.10. The van der Waals surface area contributed by atoms with Gasteiger partial charge in [0.25, 0.3) is 5.91 Å². The van der Waals surface area contributed by atoms with E-state index in [9.17, 15) is 13.2 Å². The van der Waals surface area contributed by atoms with Crippen molar-refractivity contribution in [3.63, 3.8) is 0 Å². The van der Waals surface area contributed by atoms with E-state index < -0.39 is 15.9 Å². The molecule has 7 heteroatoms. The summed E-state index contributed by atoms with van der Waals surface area (Å²) in [5.74, 6) is 1.98. The lowest BCUT2D eigenvalue weighted by Crippen LogP contribution is -2.16. The van der Waals surface area contributed by atoms with Crippen LogP contribution in [0.25, 0.3) is 0 Å². The van der Waals surface area contributed by atoms with Gasteiger partial charge in [0.05, 0.1) is 10.5 Å². The standard InChI is InChI=1S/C15H11BrN2O3S/c1-2-10-4-3-5-11(8-10)18-15(19)13-9-12(22(17,20)21)6-7-14(13)16/h1,3-9H,(H,18,19)(H2,17,20,21). The maximum Gasteiger partial charge on any atom is 0.256 e. The molecule has 1 amide bonds. The van der Waals surface area contributed by atoms with E-state index >= 15 is 0 Å². The number of rotatable bonds is 3. The Hall–Kier alpha value is -2.14. The number of nitrogens with two attached hydrogens (primary N) is 1. The first kappa shape index (κ1) is 16.2. The van der Waals surface area contributed by atoms with Gasteiger partial charge in [-0.1, -0.05) is 12.0 Å². The normalized spacial score (nSPS) is 10.8. The van der Waals surface area contributed by atoms with Crippen molar-refractivity contribution in [1.29, 1.82) is 0 Å². The summed E-state index contributed by atoms with van der Waals surface area (Å²) in [7, 11) is -3.89. The number of carbonyl (C=O) groups is 1. The van der Waals surface area contributed by atoms with Gasteiger partial charge in [0, 0.05) is 15.7 Å². The second-order valence-electron chi connectivity index (χ2n) is 4.37. The largest absolute Gasteiger partial charge is 0.322 e. The van der Waals surface area contributed by atoms with E-state index in [1.807, 2.05) is 0 Å². The van der Waals surface area contributed by atoms with Crippen LogP contribution < -0.4 is 10.5 Å². The number of primary sulfonamides is 1. The second-order valence-corrected chi connectivity index (χ2v) is 6.78. The number of hydrogen-bond donors (Lipinski definition) is 2. The minimum atomic E-state index is -3.89. The van der Waals surface area contributed by atoms with Gasteiger partial charge in [-0.3, -0.25) is 4.79 Å². The van der Waals surface area contributed by atoms with Crippen LogP contribution in [-0.4, -0.2) is 14.3 Å². The Bertz CT molecular complexity index is 886. The topological polar surface area (TPSA) is 89.3 Å². The first-order valence-corrected chi connectivity index (χ1v) is 8.35. The number of sulfonamides is 1. The molecule has 0 atom stereocenters. The lowest BCUT2D eigenvalue weighted by molar-refractivity contribution is 0.102. The summed E-state index contributed by atoms with van der Waals surface area (Å²) in [6.07, 6.45) is 5.30. The Labute approximate surface area is 136 Å². The van der Waals surface area contributed by atoms with Crippen molar-refractivity contribution >= 4 is 37.5 Å². The molecule has 0 aliphatic carbocycles. The fraction of sp³-hybridized carbons (Fsp3) is 0. The van der Waals surface area contributed by atoms with Gasteiger partial charge in [0.2, 0.25) is 10.0 Å². The average Bonchev–Trinajstić information content (AvgIpc) is 2.46. The first-order chi connectivity index (χ1) is 10.3. The SMILES string of the molecule is C#Cc1cccc(NC(=O)c2cc(S(N)(=O)=O)ccc2Br)c1. The Morgan fingerprint density at radius 3 is 2.59 bits per heavy atom. The van der Waals surface area contributed by atoms with Gasteiger partial charge in [-0.05, 0) is 52.3 Å². The van der Waals surface area contributed by atoms with Crippen molar-refractivity contribution < 1.29 is 13.2 Å². The molecule has 0 aliphatic rings. The van der Waals surface area contributed by atoms with Crippen LogP contribution >= 0.6 is 15.9 Å². The second kappa shape index (κ2) is 6.32. The van der Waals surface area contributed by atoms with E-state index in [-0.39, 0.29) is 10.5 Å². The zero-order valence-electron chi connectivity index (χ0n) is 11.2. The third-order valence-corrected chi connectivity index (χ3v) is 4.40. The number of anilines is 1. The van der Waals surface area contributed by atoms with Crippen molar-refractivity contribution in [1.82, 2.24) is 0 Å².